The van der Waals surface area contributed by atoms with Gasteiger partial charge in [0.25, 0.3) is 11.1 Å². The van der Waals surface area contributed by atoms with Crippen molar-refractivity contribution in [2.45, 2.75) is 6.54 Å². The van der Waals surface area contributed by atoms with Crippen molar-refractivity contribution < 1.29 is 14.7 Å². The van der Waals surface area contributed by atoms with Gasteiger partial charge in [-0.05, 0) is 94.5 Å². The van der Waals surface area contributed by atoms with E-state index in [2.05, 4.69) is 32.8 Å². The minimum absolute atomic E-state index is 0.0529. The number of imide groups is 1. The van der Waals surface area contributed by atoms with Crippen molar-refractivity contribution in [2.24, 2.45) is 10.2 Å². The molecule has 4 rings (SSSR count). The highest BCUT2D eigenvalue weighted by Crippen LogP contribution is 2.36. The molecule has 0 saturated carbocycles. The Morgan fingerprint density at radius 1 is 1.00 bits per heavy atom. The highest BCUT2D eigenvalue weighted by Gasteiger charge is 2.35. The number of aromatic hydroxyl groups is 1. The molecule has 0 aliphatic carbocycles. The summed E-state index contributed by atoms with van der Waals surface area (Å²) in [4.78, 5) is 26.7. The number of carbonyl (C=O) groups excluding carboxylic acids is 2. The summed E-state index contributed by atoms with van der Waals surface area (Å²) in [7, 11) is 0. The number of phenolic OH excluding ortho intramolecular Hbond substituents is 1. The van der Waals surface area contributed by atoms with Gasteiger partial charge in [0.05, 0.1) is 22.2 Å². The topological polar surface area (TPSA) is 82.3 Å². The Hall–Kier alpha value is -2.40. The normalized spacial score (nSPS) is 15.2. The first-order valence-electron chi connectivity index (χ1n) is 9.50. The number of carbonyl (C=O) groups is 2. The van der Waals surface area contributed by atoms with Gasteiger partial charge in [-0.3, -0.25) is 14.5 Å². The molecule has 6 nitrogen and oxygen atoms in total. The number of nitrogens with zero attached hydrogens (tertiary/aromatic N) is 3. The Morgan fingerprint density at radius 3 is 2.48 bits per heavy atom. The van der Waals surface area contributed by atoms with E-state index in [-0.39, 0.29) is 22.4 Å². The molecule has 1 aliphatic heterocycles. The zero-order chi connectivity index (χ0) is 23.5. The average molecular weight is 610 g/mol. The minimum Gasteiger partial charge on any atom is -0.507 e. The minimum atomic E-state index is -0.414. The predicted octanol–water partition coefficient (Wildman–Crippen LogP) is 7.96. The standard InChI is InChI=1S/C23H14Cl2IN3O3S/c24-15-3-7-19(18(25)11-15)28-27-17-6-8-20(30)14(9-17)10-21-22(31)29(23(32)33-21)12-13-1-4-16(26)5-2-13/h1-11,30H,12H2/b21-10-,28-27?. The third-order valence-corrected chi connectivity index (χ3v) is 6.77. The molecule has 1 saturated heterocycles. The molecule has 0 bridgehead atoms. The second-order valence-corrected chi connectivity index (χ2v) is 10.0. The first-order valence-corrected chi connectivity index (χ1v) is 12.1. The molecule has 0 radical (unpaired) electrons. The van der Waals surface area contributed by atoms with Crippen LogP contribution in [0.2, 0.25) is 10.0 Å². The first kappa shape index (κ1) is 23.7. The molecule has 1 fully saturated rings. The van der Waals surface area contributed by atoms with Crippen molar-refractivity contribution in [3.63, 3.8) is 0 Å². The molecule has 0 atom stereocenters. The van der Waals surface area contributed by atoms with Gasteiger partial charge in [0.2, 0.25) is 0 Å². The molecular formula is C23H14Cl2IN3O3S. The lowest BCUT2D eigenvalue weighted by Gasteiger charge is -2.12. The van der Waals surface area contributed by atoms with Crippen LogP contribution in [0.1, 0.15) is 11.1 Å². The van der Waals surface area contributed by atoms with Gasteiger partial charge in [-0.15, -0.1) is 5.11 Å². The van der Waals surface area contributed by atoms with E-state index in [0.717, 1.165) is 20.9 Å². The predicted molar refractivity (Wildman–Crippen MR) is 139 cm³/mol. The number of thioether (sulfide) groups is 1. The first-order chi connectivity index (χ1) is 15.8. The van der Waals surface area contributed by atoms with Gasteiger partial charge in [-0.25, -0.2) is 0 Å². The largest absolute Gasteiger partial charge is 0.507 e. The number of amides is 2. The van der Waals surface area contributed by atoms with Crippen molar-refractivity contribution in [3.05, 3.63) is 90.3 Å². The van der Waals surface area contributed by atoms with E-state index < -0.39 is 5.91 Å². The molecule has 2 amide bonds. The summed E-state index contributed by atoms with van der Waals surface area (Å²) in [5, 5.41) is 19.0. The van der Waals surface area contributed by atoms with Crippen molar-refractivity contribution >= 4 is 86.2 Å². The van der Waals surface area contributed by atoms with E-state index in [1.54, 1.807) is 30.3 Å². The van der Waals surface area contributed by atoms with E-state index in [1.165, 1.54) is 17.0 Å². The zero-order valence-electron chi connectivity index (χ0n) is 16.7. The monoisotopic (exact) mass is 609 g/mol. The third-order valence-electron chi connectivity index (χ3n) is 4.61. The van der Waals surface area contributed by atoms with Gasteiger partial charge in [-0.2, -0.15) is 5.11 Å². The molecular weight excluding hydrogens is 596 g/mol. The van der Waals surface area contributed by atoms with E-state index in [1.807, 2.05) is 24.3 Å². The van der Waals surface area contributed by atoms with E-state index in [9.17, 15) is 14.7 Å². The van der Waals surface area contributed by atoms with E-state index >= 15 is 0 Å². The quantitative estimate of drug-likeness (QED) is 0.181. The van der Waals surface area contributed by atoms with Crippen LogP contribution >= 0.6 is 57.6 Å². The second-order valence-electron chi connectivity index (χ2n) is 6.93. The van der Waals surface area contributed by atoms with Gasteiger partial charge in [0.1, 0.15) is 11.4 Å². The maximum absolute atomic E-state index is 12.8. The Labute approximate surface area is 217 Å². The van der Waals surface area contributed by atoms with Gasteiger partial charge >= 0.3 is 0 Å². The Bertz CT molecular complexity index is 1310. The highest BCUT2D eigenvalue weighted by atomic mass is 127. The maximum atomic E-state index is 12.8. The molecule has 1 N–H and O–H groups in total. The summed E-state index contributed by atoms with van der Waals surface area (Å²) in [6.45, 7) is 0.182. The fourth-order valence-electron chi connectivity index (χ4n) is 2.94. The summed E-state index contributed by atoms with van der Waals surface area (Å²) in [6.07, 6.45) is 1.47. The molecule has 0 unspecified atom stereocenters. The van der Waals surface area contributed by atoms with Crippen LogP contribution in [0.15, 0.2) is 75.8 Å². The fraction of sp³-hybridized carbons (Fsp3) is 0.0435. The third kappa shape index (κ3) is 5.75. The number of hydrogen-bond donors (Lipinski definition) is 1. The van der Waals surface area contributed by atoms with Crippen LogP contribution in [0, 0.1) is 3.57 Å². The SMILES string of the molecule is O=C1S/C(=C\c2cc(N=Nc3ccc(Cl)cc3Cl)ccc2O)C(=O)N1Cc1ccc(I)cc1. The van der Waals surface area contributed by atoms with E-state index in [0.29, 0.717) is 27.0 Å². The number of rotatable bonds is 5. The average Bonchev–Trinajstić information content (AvgIpc) is 3.04. The number of azo groups is 1. The van der Waals surface area contributed by atoms with Gasteiger partial charge in [-0.1, -0.05) is 35.3 Å². The molecule has 0 spiro atoms. The Balaban J connectivity index is 1.55. The summed E-state index contributed by atoms with van der Waals surface area (Å²) < 4.78 is 1.07. The summed E-state index contributed by atoms with van der Waals surface area (Å²) >= 11 is 15.0. The van der Waals surface area contributed by atoms with Crippen LogP contribution in [0.5, 0.6) is 5.75 Å². The van der Waals surface area contributed by atoms with Crippen LogP contribution in [-0.2, 0) is 11.3 Å². The smallest absolute Gasteiger partial charge is 0.293 e. The maximum Gasteiger partial charge on any atom is 0.293 e. The lowest BCUT2D eigenvalue weighted by atomic mass is 10.1. The Kier molecular flexibility index (Phi) is 7.38. The van der Waals surface area contributed by atoms with Gasteiger partial charge in [0.15, 0.2) is 0 Å². The van der Waals surface area contributed by atoms with Crippen molar-refractivity contribution in [1.29, 1.82) is 0 Å². The van der Waals surface area contributed by atoms with Crippen LogP contribution in [0.3, 0.4) is 0 Å². The summed E-state index contributed by atoms with van der Waals surface area (Å²) in [5.41, 5.74) is 2.06. The molecule has 1 aliphatic rings. The highest BCUT2D eigenvalue weighted by molar-refractivity contribution is 14.1. The Morgan fingerprint density at radius 2 is 1.76 bits per heavy atom. The summed E-state index contributed by atoms with van der Waals surface area (Å²) in [5.74, 6) is -0.467. The molecule has 3 aromatic carbocycles. The zero-order valence-corrected chi connectivity index (χ0v) is 21.2. The van der Waals surface area contributed by atoms with Crippen LogP contribution in [0.25, 0.3) is 6.08 Å². The van der Waals surface area contributed by atoms with Crippen LogP contribution in [0.4, 0.5) is 16.2 Å². The second kappa shape index (κ2) is 10.3. The number of benzene rings is 3. The van der Waals surface area contributed by atoms with E-state index in [4.69, 9.17) is 23.2 Å². The number of phenols is 1. The summed E-state index contributed by atoms with van der Waals surface area (Å²) in [6, 6.07) is 17.0. The fourth-order valence-corrected chi connectivity index (χ4v) is 4.58. The van der Waals surface area contributed by atoms with Crippen molar-refractivity contribution in [1.82, 2.24) is 4.90 Å². The molecule has 3 aromatic rings. The van der Waals surface area contributed by atoms with Gasteiger partial charge in [0, 0.05) is 14.2 Å². The molecule has 33 heavy (non-hydrogen) atoms. The lowest BCUT2D eigenvalue weighted by molar-refractivity contribution is -0.123. The van der Waals surface area contributed by atoms with Crippen molar-refractivity contribution in [2.75, 3.05) is 0 Å². The van der Waals surface area contributed by atoms with Crippen molar-refractivity contribution in [3.8, 4) is 5.75 Å². The number of halogens is 3. The molecule has 1 heterocycles. The van der Waals surface area contributed by atoms with Crippen LogP contribution < -0.4 is 0 Å². The molecule has 0 aromatic heterocycles. The van der Waals surface area contributed by atoms with Crippen LogP contribution in [-0.4, -0.2) is 21.2 Å². The lowest BCUT2D eigenvalue weighted by Crippen LogP contribution is -2.27. The molecule has 166 valence electrons. The number of hydrogen-bond acceptors (Lipinski definition) is 6. The van der Waals surface area contributed by atoms with Gasteiger partial charge < -0.3 is 5.11 Å². The molecule has 10 heteroatoms.